The molecule has 0 spiro atoms. The molecule has 0 aliphatic heterocycles. The average molecular weight is 568 g/mol. The summed E-state index contributed by atoms with van der Waals surface area (Å²) in [6.07, 6.45) is -5.25. The number of sulfonamides is 1. The fourth-order valence-electron chi connectivity index (χ4n) is 3.13. The molecular weight excluding hydrogens is 552 g/mol. The van der Waals surface area contributed by atoms with Crippen LogP contribution in [0.5, 0.6) is 0 Å². The Bertz CT molecular complexity index is 1400. The molecule has 0 aliphatic carbocycles. The molecule has 0 amide bonds. The molecule has 0 fully saturated rings. The van der Waals surface area contributed by atoms with E-state index in [0.717, 1.165) is 19.2 Å². The number of carbonyl (C=O) groups excluding carboxylic acids is 1. The van der Waals surface area contributed by atoms with Gasteiger partial charge in [-0.1, -0.05) is 46.9 Å². The van der Waals surface area contributed by atoms with Crippen molar-refractivity contribution in [3.05, 3.63) is 91.7 Å². The van der Waals surface area contributed by atoms with E-state index in [0.29, 0.717) is 11.6 Å². The van der Waals surface area contributed by atoms with Gasteiger partial charge in [-0.05, 0) is 42.8 Å². The van der Waals surface area contributed by atoms with Crippen LogP contribution >= 0.6 is 34.8 Å². The largest absolute Gasteiger partial charge is 0.417 e. The summed E-state index contributed by atoms with van der Waals surface area (Å²) in [5.41, 5.74) is -0.890. The Kier molecular flexibility index (Phi) is 8.15. The predicted molar refractivity (Wildman–Crippen MR) is 125 cm³/mol. The van der Waals surface area contributed by atoms with E-state index in [1.165, 1.54) is 18.3 Å². The second-order valence-electron chi connectivity index (χ2n) is 7.23. The van der Waals surface area contributed by atoms with E-state index in [9.17, 15) is 26.4 Å². The fraction of sp³-hybridized carbons (Fsp3) is 0.182. The summed E-state index contributed by atoms with van der Waals surface area (Å²) in [4.78, 5) is 16.5. The number of ether oxygens (including phenoxy) is 1. The van der Waals surface area contributed by atoms with Crippen LogP contribution in [0.3, 0.4) is 0 Å². The molecule has 0 saturated heterocycles. The van der Waals surface area contributed by atoms with Crippen LogP contribution in [-0.4, -0.2) is 26.3 Å². The van der Waals surface area contributed by atoms with Crippen molar-refractivity contribution in [1.82, 2.24) is 9.71 Å². The van der Waals surface area contributed by atoms with E-state index in [-0.39, 0.29) is 26.9 Å². The van der Waals surface area contributed by atoms with Crippen LogP contribution in [0.2, 0.25) is 15.1 Å². The predicted octanol–water partition coefficient (Wildman–Crippen LogP) is 6.22. The van der Waals surface area contributed by atoms with Gasteiger partial charge in [0.1, 0.15) is 11.9 Å². The van der Waals surface area contributed by atoms with Crippen LogP contribution in [0, 0.1) is 6.92 Å². The number of nitrogens with zero attached hydrogens (tertiary/aromatic N) is 1. The second kappa shape index (κ2) is 10.4. The zero-order valence-corrected chi connectivity index (χ0v) is 21.0. The number of aryl methyl sites for hydroxylation is 1. The van der Waals surface area contributed by atoms with Crippen molar-refractivity contribution in [3.63, 3.8) is 0 Å². The van der Waals surface area contributed by atoms with E-state index in [4.69, 9.17) is 39.5 Å². The van der Waals surface area contributed by atoms with Crippen LogP contribution in [0.25, 0.3) is 0 Å². The Morgan fingerprint density at radius 2 is 1.80 bits per heavy atom. The van der Waals surface area contributed by atoms with Gasteiger partial charge in [-0.25, -0.2) is 8.42 Å². The lowest BCUT2D eigenvalue weighted by atomic mass is 10.0. The van der Waals surface area contributed by atoms with Crippen LogP contribution < -0.4 is 4.72 Å². The Morgan fingerprint density at radius 1 is 1.11 bits per heavy atom. The summed E-state index contributed by atoms with van der Waals surface area (Å²) in [7, 11) is -3.47. The minimum atomic E-state index is -4.88. The summed E-state index contributed by atoms with van der Waals surface area (Å²) in [5.74, 6) is -0.641. The molecule has 186 valence electrons. The molecule has 1 N–H and O–H groups in total. The maximum Gasteiger partial charge on any atom is 0.417 e. The Hall–Kier alpha value is -2.21. The number of alkyl halides is 3. The molecule has 6 nitrogen and oxygen atoms in total. The van der Waals surface area contributed by atoms with Crippen molar-refractivity contribution in [3.8, 4) is 0 Å². The highest BCUT2D eigenvalue weighted by Gasteiger charge is 2.35. The number of methoxy groups -OCH3 is 1. The number of ketones is 1. The summed E-state index contributed by atoms with van der Waals surface area (Å²) in [6.45, 7) is 1.70. The molecule has 1 aromatic heterocycles. The fourth-order valence-corrected chi connectivity index (χ4v) is 4.90. The van der Waals surface area contributed by atoms with Crippen molar-refractivity contribution in [1.29, 1.82) is 0 Å². The minimum Gasteiger partial charge on any atom is -0.361 e. The molecule has 3 aromatic rings. The third kappa shape index (κ3) is 5.96. The van der Waals surface area contributed by atoms with Crippen molar-refractivity contribution >= 4 is 50.6 Å². The SMILES string of the molecule is COC(NS(=O)(=O)c1ccc(Cl)c(C(F)(F)F)c1)c1cc(Cl)cnc1C(=O)c1cccc(C)c1Cl. The number of hydrogen-bond donors (Lipinski definition) is 1. The van der Waals surface area contributed by atoms with Gasteiger partial charge in [0.25, 0.3) is 0 Å². The number of nitrogens with one attached hydrogen (secondary N) is 1. The van der Waals surface area contributed by atoms with Crippen molar-refractivity contribution in [2.75, 3.05) is 7.11 Å². The Balaban J connectivity index is 2.06. The number of aromatic nitrogens is 1. The smallest absolute Gasteiger partial charge is 0.361 e. The lowest BCUT2D eigenvalue weighted by molar-refractivity contribution is -0.137. The van der Waals surface area contributed by atoms with Crippen LogP contribution in [0.15, 0.2) is 53.6 Å². The van der Waals surface area contributed by atoms with Gasteiger partial charge in [0.2, 0.25) is 15.8 Å². The zero-order valence-electron chi connectivity index (χ0n) is 18.0. The van der Waals surface area contributed by atoms with E-state index < -0.39 is 43.7 Å². The summed E-state index contributed by atoms with van der Waals surface area (Å²) in [5, 5.41) is -0.434. The van der Waals surface area contributed by atoms with Gasteiger partial charge in [-0.3, -0.25) is 9.78 Å². The standard InChI is InChI=1S/C22H16Cl3F3N2O4S/c1-11-4-3-5-14(18(11)25)20(31)19-15(8-12(23)10-29-19)21(34-2)30-35(32,33)13-6-7-17(24)16(9-13)22(26,27)28/h3-10,21,30H,1-2H3. The molecule has 0 saturated carbocycles. The first-order valence-corrected chi connectivity index (χ1v) is 12.2. The lowest BCUT2D eigenvalue weighted by Gasteiger charge is -2.20. The Labute approximate surface area is 214 Å². The summed E-state index contributed by atoms with van der Waals surface area (Å²) in [6, 6.07) is 8.15. The molecule has 35 heavy (non-hydrogen) atoms. The number of benzene rings is 2. The average Bonchev–Trinajstić information content (AvgIpc) is 2.78. The third-order valence-corrected chi connectivity index (χ3v) is 7.31. The van der Waals surface area contributed by atoms with E-state index >= 15 is 0 Å². The zero-order chi connectivity index (χ0) is 26.1. The normalized spacial score (nSPS) is 13.0. The maximum atomic E-state index is 13.2. The monoisotopic (exact) mass is 566 g/mol. The second-order valence-corrected chi connectivity index (χ2v) is 10.2. The molecule has 1 unspecified atom stereocenters. The summed E-state index contributed by atoms with van der Waals surface area (Å²) >= 11 is 17.9. The number of hydrogen-bond acceptors (Lipinski definition) is 5. The Morgan fingerprint density at radius 3 is 2.43 bits per heavy atom. The third-order valence-electron chi connectivity index (χ3n) is 4.87. The van der Waals surface area contributed by atoms with E-state index in [1.54, 1.807) is 19.1 Å². The van der Waals surface area contributed by atoms with E-state index in [1.807, 2.05) is 0 Å². The molecular formula is C22H16Cl3F3N2O4S. The van der Waals surface area contributed by atoms with Crippen molar-refractivity contribution in [2.45, 2.75) is 24.2 Å². The van der Waals surface area contributed by atoms with Crippen LogP contribution in [0.4, 0.5) is 13.2 Å². The number of pyridine rings is 1. The van der Waals surface area contributed by atoms with Gasteiger partial charge in [0.15, 0.2) is 0 Å². The molecule has 0 aliphatic rings. The quantitative estimate of drug-likeness (QED) is 0.271. The molecule has 0 bridgehead atoms. The van der Waals surface area contributed by atoms with Gasteiger partial charge < -0.3 is 4.74 Å². The molecule has 0 radical (unpaired) electrons. The minimum absolute atomic E-state index is 0.0546. The van der Waals surface area contributed by atoms with Crippen molar-refractivity contribution < 1.29 is 31.1 Å². The first-order chi connectivity index (χ1) is 16.3. The van der Waals surface area contributed by atoms with E-state index in [2.05, 4.69) is 9.71 Å². The van der Waals surface area contributed by atoms with Crippen LogP contribution in [0.1, 0.15) is 39.0 Å². The lowest BCUT2D eigenvalue weighted by Crippen LogP contribution is -2.31. The van der Waals surface area contributed by atoms with Crippen molar-refractivity contribution in [2.24, 2.45) is 0 Å². The first-order valence-electron chi connectivity index (χ1n) is 9.63. The first kappa shape index (κ1) is 27.4. The summed E-state index contributed by atoms with van der Waals surface area (Å²) < 4.78 is 72.9. The maximum absolute atomic E-state index is 13.2. The van der Waals surface area contributed by atoms with Gasteiger partial charge in [0, 0.05) is 24.4 Å². The molecule has 1 heterocycles. The van der Waals surface area contributed by atoms with Gasteiger partial charge in [-0.2, -0.15) is 17.9 Å². The molecule has 3 rings (SSSR count). The topological polar surface area (TPSA) is 85.4 Å². The van der Waals surface area contributed by atoms with Gasteiger partial charge in [-0.15, -0.1) is 0 Å². The highest BCUT2D eigenvalue weighted by atomic mass is 35.5. The highest BCUT2D eigenvalue weighted by molar-refractivity contribution is 7.89. The molecule has 1 atom stereocenters. The van der Waals surface area contributed by atoms with Gasteiger partial charge >= 0.3 is 6.18 Å². The number of halogens is 6. The number of carbonyl (C=O) groups is 1. The highest BCUT2D eigenvalue weighted by Crippen LogP contribution is 2.36. The van der Waals surface area contributed by atoms with Gasteiger partial charge in [0.05, 0.1) is 25.5 Å². The molecule has 13 heteroatoms. The molecule has 2 aromatic carbocycles. The van der Waals surface area contributed by atoms with Crippen LogP contribution in [-0.2, 0) is 20.9 Å². The number of rotatable bonds is 7.